The molecule has 0 saturated heterocycles. The third-order valence-corrected chi connectivity index (χ3v) is 3.59. The van der Waals surface area contributed by atoms with Crippen molar-refractivity contribution in [3.8, 4) is 5.75 Å². The number of non-ortho nitro benzene ring substituents is 1. The van der Waals surface area contributed by atoms with Crippen LogP contribution in [0, 0.1) is 10.1 Å². The highest BCUT2D eigenvalue weighted by molar-refractivity contribution is 9.10. The second kappa shape index (κ2) is 6.67. The van der Waals surface area contributed by atoms with Crippen molar-refractivity contribution >= 4 is 33.2 Å². The zero-order valence-corrected chi connectivity index (χ0v) is 12.6. The summed E-state index contributed by atoms with van der Waals surface area (Å²) in [6.45, 7) is 0.292. The first-order valence-electron chi connectivity index (χ1n) is 5.66. The molecule has 0 spiro atoms. The number of aromatic nitrogens is 1. The number of hydrogen-bond donors (Lipinski definition) is 0. The zero-order chi connectivity index (χ0) is 14.5. The predicted octanol–water partition coefficient (Wildman–Crippen LogP) is 4.07. The van der Waals surface area contributed by atoms with E-state index in [9.17, 15) is 10.1 Å². The summed E-state index contributed by atoms with van der Waals surface area (Å²) in [6.07, 6.45) is 1.59. The van der Waals surface area contributed by atoms with E-state index in [0.29, 0.717) is 22.7 Å². The number of rotatable bonds is 5. The minimum Gasteiger partial charge on any atom is -0.487 e. The monoisotopic (exact) mass is 356 g/mol. The molecule has 0 bridgehead atoms. The second-order valence-corrected chi connectivity index (χ2v) is 5.06. The molecule has 20 heavy (non-hydrogen) atoms. The van der Waals surface area contributed by atoms with Crippen LogP contribution in [0.15, 0.2) is 41.0 Å². The van der Waals surface area contributed by atoms with Crippen molar-refractivity contribution in [2.45, 2.75) is 12.5 Å². The average molecular weight is 358 g/mol. The Bertz CT molecular complexity index is 620. The van der Waals surface area contributed by atoms with Gasteiger partial charge in [-0.25, -0.2) is 0 Å². The van der Waals surface area contributed by atoms with Crippen molar-refractivity contribution in [1.82, 2.24) is 4.98 Å². The summed E-state index contributed by atoms with van der Waals surface area (Å²) in [6, 6.07) is 8.12. The molecule has 104 valence electrons. The second-order valence-electron chi connectivity index (χ2n) is 3.94. The Balaban J connectivity index is 2.04. The molecule has 0 unspecified atom stereocenters. The molecule has 0 amide bonds. The Labute approximate surface area is 128 Å². The standard InChI is InChI=1S/C13H10BrClN2O3/c14-13-5-11(17(18)19)3-1-9(13)8-20-12-4-2-10(6-15)16-7-12/h1-5,7H,6,8H2. The summed E-state index contributed by atoms with van der Waals surface area (Å²) < 4.78 is 6.20. The van der Waals surface area contributed by atoms with Gasteiger partial charge in [-0.15, -0.1) is 11.6 Å². The van der Waals surface area contributed by atoms with E-state index in [0.717, 1.165) is 11.3 Å². The number of nitrogens with zero attached hydrogens (tertiary/aromatic N) is 2. The van der Waals surface area contributed by atoms with Gasteiger partial charge >= 0.3 is 0 Å². The van der Waals surface area contributed by atoms with Crippen LogP contribution in [-0.2, 0) is 12.5 Å². The molecule has 5 nitrogen and oxygen atoms in total. The minimum atomic E-state index is -0.440. The Hall–Kier alpha value is -1.66. The number of benzene rings is 1. The van der Waals surface area contributed by atoms with Crippen LogP contribution in [0.3, 0.4) is 0 Å². The Kier molecular flexibility index (Phi) is 4.92. The molecule has 0 atom stereocenters. The summed E-state index contributed by atoms with van der Waals surface area (Å²) >= 11 is 8.94. The number of pyridine rings is 1. The fraction of sp³-hybridized carbons (Fsp3) is 0.154. The largest absolute Gasteiger partial charge is 0.487 e. The number of alkyl halides is 1. The fourth-order valence-electron chi connectivity index (χ4n) is 1.50. The van der Waals surface area contributed by atoms with Crippen molar-refractivity contribution in [2.75, 3.05) is 0 Å². The molecule has 7 heteroatoms. The maximum Gasteiger partial charge on any atom is 0.270 e. The van der Waals surface area contributed by atoms with E-state index in [4.69, 9.17) is 16.3 Å². The Morgan fingerprint density at radius 2 is 2.15 bits per heavy atom. The van der Waals surface area contributed by atoms with Crippen LogP contribution in [0.25, 0.3) is 0 Å². The quantitative estimate of drug-likeness (QED) is 0.459. The molecule has 0 aliphatic carbocycles. The molecular weight excluding hydrogens is 348 g/mol. The van der Waals surface area contributed by atoms with E-state index in [1.807, 2.05) is 0 Å². The highest BCUT2D eigenvalue weighted by atomic mass is 79.9. The Morgan fingerprint density at radius 3 is 2.70 bits per heavy atom. The van der Waals surface area contributed by atoms with E-state index in [2.05, 4.69) is 20.9 Å². The summed E-state index contributed by atoms with van der Waals surface area (Å²) in [5, 5.41) is 10.6. The molecular formula is C13H10BrClN2O3. The third-order valence-electron chi connectivity index (χ3n) is 2.58. The summed E-state index contributed by atoms with van der Waals surface area (Å²) in [5.74, 6) is 0.970. The van der Waals surface area contributed by atoms with E-state index in [-0.39, 0.29) is 5.69 Å². The number of hydrogen-bond acceptors (Lipinski definition) is 4. The van der Waals surface area contributed by atoms with Gasteiger partial charge < -0.3 is 4.74 Å². The lowest BCUT2D eigenvalue weighted by Gasteiger charge is -2.08. The third kappa shape index (κ3) is 3.68. The van der Waals surface area contributed by atoms with Gasteiger partial charge in [0.1, 0.15) is 12.4 Å². The lowest BCUT2D eigenvalue weighted by Crippen LogP contribution is -1.98. The van der Waals surface area contributed by atoms with Crippen LogP contribution in [0.5, 0.6) is 5.75 Å². The van der Waals surface area contributed by atoms with Crippen molar-refractivity contribution < 1.29 is 9.66 Å². The van der Waals surface area contributed by atoms with E-state index >= 15 is 0 Å². The molecule has 1 aromatic heterocycles. The first-order chi connectivity index (χ1) is 9.60. The number of ether oxygens (including phenoxy) is 1. The summed E-state index contributed by atoms with van der Waals surface area (Å²) in [7, 11) is 0. The Morgan fingerprint density at radius 1 is 1.35 bits per heavy atom. The molecule has 2 aromatic rings. The van der Waals surface area contributed by atoms with Gasteiger partial charge in [-0.2, -0.15) is 0 Å². The maximum atomic E-state index is 10.6. The van der Waals surface area contributed by atoms with Crippen LogP contribution >= 0.6 is 27.5 Å². The summed E-state index contributed by atoms with van der Waals surface area (Å²) in [4.78, 5) is 14.3. The minimum absolute atomic E-state index is 0.0359. The van der Waals surface area contributed by atoms with Gasteiger partial charge in [0.25, 0.3) is 5.69 Å². The van der Waals surface area contributed by atoms with Gasteiger partial charge in [0.15, 0.2) is 0 Å². The molecule has 0 aliphatic heterocycles. The van der Waals surface area contributed by atoms with E-state index in [1.165, 1.54) is 12.1 Å². The summed E-state index contributed by atoms with van der Waals surface area (Å²) in [5.41, 5.74) is 1.63. The lowest BCUT2D eigenvalue weighted by molar-refractivity contribution is -0.384. The van der Waals surface area contributed by atoms with Crippen LogP contribution in [0.1, 0.15) is 11.3 Å². The molecule has 0 fully saturated rings. The van der Waals surface area contributed by atoms with Gasteiger partial charge in [0.2, 0.25) is 0 Å². The van der Waals surface area contributed by atoms with Gasteiger partial charge in [-0.1, -0.05) is 15.9 Å². The van der Waals surface area contributed by atoms with E-state index < -0.39 is 4.92 Å². The highest BCUT2D eigenvalue weighted by Gasteiger charge is 2.09. The first-order valence-corrected chi connectivity index (χ1v) is 6.99. The van der Waals surface area contributed by atoms with Crippen molar-refractivity contribution in [3.63, 3.8) is 0 Å². The number of nitro benzene ring substituents is 1. The lowest BCUT2D eigenvalue weighted by atomic mass is 10.2. The SMILES string of the molecule is O=[N+]([O-])c1ccc(COc2ccc(CCl)nc2)c(Br)c1. The van der Waals surface area contributed by atoms with Crippen molar-refractivity contribution in [2.24, 2.45) is 0 Å². The zero-order valence-electron chi connectivity index (χ0n) is 10.3. The molecule has 0 saturated carbocycles. The van der Waals surface area contributed by atoms with Gasteiger partial charge in [-0.3, -0.25) is 15.1 Å². The van der Waals surface area contributed by atoms with Crippen LogP contribution in [0.4, 0.5) is 5.69 Å². The topological polar surface area (TPSA) is 65.3 Å². The number of halogens is 2. The average Bonchev–Trinajstić information content (AvgIpc) is 2.46. The van der Waals surface area contributed by atoms with Crippen LogP contribution in [-0.4, -0.2) is 9.91 Å². The van der Waals surface area contributed by atoms with Gasteiger partial charge in [0, 0.05) is 22.2 Å². The molecule has 0 N–H and O–H groups in total. The smallest absolute Gasteiger partial charge is 0.270 e. The van der Waals surface area contributed by atoms with Crippen LogP contribution in [0.2, 0.25) is 0 Å². The van der Waals surface area contributed by atoms with Gasteiger partial charge in [-0.05, 0) is 18.2 Å². The fourth-order valence-corrected chi connectivity index (χ4v) is 2.14. The van der Waals surface area contributed by atoms with Crippen LogP contribution < -0.4 is 4.74 Å². The van der Waals surface area contributed by atoms with Crippen molar-refractivity contribution in [1.29, 1.82) is 0 Å². The first kappa shape index (κ1) is 14.7. The molecule has 0 aliphatic rings. The maximum absolute atomic E-state index is 10.6. The molecule has 1 aromatic carbocycles. The van der Waals surface area contributed by atoms with Crippen molar-refractivity contribution in [3.05, 3.63) is 62.4 Å². The highest BCUT2D eigenvalue weighted by Crippen LogP contribution is 2.24. The number of nitro groups is 1. The normalized spacial score (nSPS) is 10.3. The van der Waals surface area contributed by atoms with E-state index in [1.54, 1.807) is 24.4 Å². The molecule has 0 radical (unpaired) electrons. The predicted molar refractivity (Wildman–Crippen MR) is 78.9 cm³/mol. The van der Waals surface area contributed by atoms with Gasteiger partial charge in [0.05, 0.1) is 22.7 Å². The molecule has 2 rings (SSSR count). The molecule has 1 heterocycles.